The van der Waals surface area contributed by atoms with Gasteiger partial charge in [0.2, 0.25) is 0 Å². The second kappa shape index (κ2) is 5.21. The molecule has 94 valence electrons. The number of hydrogen-bond donors (Lipinski definition) is 1. The summed E-state index contributed by atoms with van der Waals surface area (Å²) >= 11 is 5.72. The van der Waals surface area contributed by atoms with Gasteiger partial charge in [-0.15, -0.1) is 0 Å². The molecule has 1 aliphatic heterocycles. The van der Waals surface area contributed by atoms with Crippen molar-refractivity contribution in [2.75, 3.05) is 27.2 Å². The first-order chi connectivity index (χ1) is 8.06. The predicted molar refractivity (Wildman–Crippen MR) is 69.4 cm³/mol. The van der Waals surface area contributed by atoms with E-state index in [-0.39, 0.29) is 5.56 Å². The number of nitrogens with zero attached hydrogens (tertiary/aromatic N) is 2. The number of halogens is 1. The summed E-state index contributed by atoms with van der Waals surface area (Å²) < 4.78 is 0. The molecule has 4 nitrogen and oxygen atoms in total. The van der Waals surface area contributed by atoms with E-state index in [0.717, 1.165) is 18.7 Å². The fraction of sp³-hybridized carbons (Fsp3) is 0.583. The Hall–Kier alpha value is -0.840. The van der Waals surface area contributed by atoms with Crippen LogP contribution in [0, 0.1) is 0 Å². The normalized spacial score (nSPS) is 21.3. The number of aromatic nitrogens is 1. The summed E-state index contributed by atoms with van der Waals surface area (Å²) in [5.41, 5.74) is 0.708. The Kier molecular flexibility index (Phi) is 3.86. The molecule has 1 unspecified atom stereocenters. The molecule has 0 amide bonds. The van der Waals surface area contributed by atoms with E-state index in [2.05, 4.69) is 28.9 Å². The summed E-state index contributed by atoms with van der Waals surface area (Å²) in [6.07, 6.45) is 1.17. The number of likely N-dealkylation sites (N-methyl/N-ethyl adjacent to an activating group) is 1. The minimum Gasteiger partial charge on any atom is -0.313 e. The predicted octanol–water partition coefficient (Wildman–Crippen LogP) is 1.16. The van der Waals surface area contributed by atoms with E-state index < -0.39 is 0 Å². The maximum absolute atomic E-state index is 11.7. The Balaban J connectivity index is 2.00. The minimum atomic E-state index is -0.0780. The second-order valence-electron chi connectivity index (χ2n) is 4.80. The molecule has 0 bridgehead atoms. The van der Waals surface area contributed by atoms with Crippen LogP contribution in [0.25, 0.3) is 0 Å². The Labute approximate surface area is 106 Å². The zero-order valence-corrected chi connectivity index (χ0v) is 11.0. The highest BCUT2D eigenvalue weighted by Gasteiger charge is 2.24. The lowest BCUT2D eigenvalue weighted by Gasteiger charge is -2.20. The lowest BCUT2D eigenvalue weighted by atomic mass is 10.2. The SMILES string of the molecule is CN(C)C1CCN(Cc2ccc(Cl)[nH]c2=O)C1. The Morgan fingerprint density at radius 3 is 2.88 bits per heavy atom. The zero-order valence-electron chi connectivity index (χ0n) is 10.2. The van der Waals surface area contributed by atoms with Crippen LogP contribution in [-0.4, -0.2) is 48.0 Å². The fourth-order valence-electron chi connectivity index (χ4n) is 2.22. The molecule has 0 radical (unpaired) electrons. The largest absolute Gasteiger partial charge is 0.313 e. The third-order valence-corrected chi connectivity index (χ3v) is 3.55. The average Bonchev–Trinajstić information content (AvgIpc) is 2.71. The Morgan fingerprint density at radius 1 is 1.53 bits per heavy atom. The number of nitrogens with one attached hydrogen (secondary N) is 1. The monoisotopic (exact) mass is 255 g/mol. The van der Waals surface area contributed by atoms with Gasteiger partial charge in [-0.3, -0.25) is 9.69 Å². The van der Waals surface area contributed by atoms with Crippen molar-refractivity contribution < 1.29 is 0 Å². The molecule has 2 rings (SSSR count). The molecule has 1 aromatic heterocycles. The van der Waals surface area contributed by atoms with Gasteiger partial charge in [0.1, 0.15) is 5.15 Å². The van der Waals surface area contributed by atoms with Gasteiger partial charge in [-0.05, 0) is 32.6 Å². The highest BCUT2D eigenvalue weighted by molar-refractivity contribution is 6.29. The number of rotatable bonds is 3. The highest BCUT2D eigenvalue weighted by atomic mass is 35.5. The van der Waals surface area contributed by atoms with Gasteiger partial charge in [-0.25, -0.2) is 0 Å². The van der Waals surface area contributed by atoms with Crippen molar-refractivity contribution in [3.8, 4) is 0 Å². The molecular formula is C12H18ClN3O. The number of H-pyrrole nitrogens is 1. The molecule has 1 saturated heterocycles. The van der Waals surface area contributed by atoms with Crippen LogP contribution in [0.3, 0.4) is 0 Å². The van der Waals surface area contributed by atoms with Crippen LogP contribution in [-0.2, 0) is 6.54 Å². The van der Waals surface area contributed by atoms with Crippen LogP contribution in [0.5, 0.6) is 0 Å². The van der Waals surface area contributed by atoms with Crippen molar-refractivity contribution in [1.29, 1.82) is 0 Å². The molecule has 0 aliphatic carbocycles. The highest BCUT2D eigenvalue weighted by Crippen LogP contribution is 2.15. The first kappa shape index (κ1) is 12.6. The number of pyridine rings is 1. The van der Waals surface area contributed by atoms with E-state index in [0.29, 0.717) is 17.7 Å². The van der Waals surface area contributed by atoms with Crippen molar-refractivity contribution in [2.45, 2.75) is 19.0 Å². The second-order valence-corrected chi connectivity index (χ2v) is 5.21. The van der Waals surface area contributed by atoms with Gasteiger partial charge in [-0.1, -0.05) is 11.6 Å². The molecule has 0 aromatic carbocycles. The minimum absolute atomic E-state index is 0.0780. The first-order valence-electron chi connectivity index (χ1n) is 5.83. The van der Waals surface area contributed by atoms with Crippen LogP contribution < -0.4 is 5.56 Å². The quantitative estimate of drug-likeness (QED) is 0.824. The summed E-state index contributed by atoms with van der Waals surface area (Å²) in [5, 5.41) is 0.395. The van der Waals surface area contributed by atoms with Crippen LogP contribution in [0.15, 0.2) is 16.9 Å². The third-order valence-electron chi connectivity index (χ3n) is 3.33. The molecule has 1 fully saturated rings. The molecule has 17 heavy (non-hydrogen) atoms. The van der Waals surface area contributed by atoms with Crippen molar-refractivity contribution in [2.24, 2.45) is 0 Å². The number of hydrogen-bond acceptors (Lipinski definition) is 3. The van der Waals surface area contributed by atoms with Gasteiger partial charge < -0.3 is 9.88 Å². The van der Waals surface area contributed by atoms with Crippen LogP contribution in [0.4, 0.5) is 0 Å². The molecule has 1 N–H and O–H groups in total. The van der Waals surface area contributed by atoms with Crippen molar-refractivity contribution in [1.82, 2.24) is 14.8 Å². The molecule has 2 heterocycles. The first-order valence-corrected chi connectivity index (χ1v) is 6.20. The smallest absolute Gasteiger partial charge is 0.253 e. The molecule has 1 aromatic rings. The topological polar surface area (TPSA) is 39.3 Å². The summed E-state index contributed by atoms with van der Waals surface area (Å²) in [7, 11) is 4.20. The van der Waals surface area contributed by atoms with Crippen LogP contribution in [0.2, 0.25) is 5.15 Å². The molecular weight excluding hydrogens is 238 g/mol. The Morgan fingerprint density at radius 2 is 2.29 bits per heavy atom. The molecule has 5 heteroatoms. The third kappa shape index (κ3) is 3.09. The molecule has 1 aliphatic rings. The van der Waals surface area contributed by atoms with Gasteiger partial charge in [0, 0.05) is 31.2 Å². The van der Waals surface area contributed by atoms with Crippen molar-refractivity contribution in [3.63, 3.8) is 0 Å². The van der Waals surface area contributed by atoms with E-state index in [1.54, 1.807) is 6.07 Å². The van der Waals surface area contributed by atoms with Crippen LogP contribution >= 0.6 is 11.6 Å². The summed E-state index contributed by atoms with van der Waals surface area (Å²) in [5.74, 6) is 0. The lowest BCUT2D eigenvalue weighted by Crippen LogP contribution is -2.32. The van der Waals surface area contributed by atoms with Gasteiger partial charge in [0.05, 0.1) is 0 Å². The average molecular weight is 256 g/mol. The van der Waals surface area contributed by atoms with Gasteiger partial charge in [0.25, 0.3) is 5.56 Å². The number of likely N-dealkylation sites (tertiary alicyclic amines) is 1. The van der Waals surface area contributed by atoms with E-state index in [1.165, 1.54) is 6.42 Å². The van der Waals surface area contributed by atoms with E-state index >= 15 is 0 Å². The van der Waals surface area contributed by atoms with E-state index in [9.17, 15) is 4.79 Å². The summed E-state index contributed by atoms with van der Waals surface area (Å²) in [6.45, 7) is 2.77. The lowest BCUT2D eigenvalue weighted by molar-refractivity contribution is 0.264. The maximum Gasteiger partial charge on any atom is 0.253 e. The number of aromatic amines is 1. The van der Waals surface area contributed by atoms with Crippen molar-refractivity contribution >= 4 is 11.6 Å². The van der Waals surface area contributed by atoms with Crippen molar-refractivity contribution in [3.05, 3.63) is 33.2 Å². The zero-order chi connectivity index (χ0) is 12.4. The standard InChI is InChI=1S/C12H18ClN3O/c1-15(2)10-5-6-16(8-10)7-9-3-4-11(13)14-12(9)17/h3-4,10H,5-8H2,1-2H3,(H,14,17). The maximum atomic E-state index is 11.7. The molecule has 0 spiro atoms. The van der Waals surface area contributed by atoms with E-state index in [1.807, 2.05) is 6.07 Å². The molecule has 0 saturated carbocycles. The molecule has 1 atom stereocenters. The van der Waals surface area contributed by atoms with E-state index in [4.69, 9.17) is 11.6 Å². The van der Waals surface area contributed by atoms with Crippen LogP contribution in [0.1, 0.15) is 12.0 Å². The summed E-state index contributed by atoms with van der Waals surface area (Å²) in [4.78, 5) is 18.8. The van der Waals surface area contributed by atoms with Gasteiger partial charge >= 0.3 is 0 Å². The van der Waals surface area contributed by atoms with Gasteiger partial charge in [-0.2, -0.15) is 0 Å². The Bertz CT molecular complexity index is 444. The fourth-order valence-corrected chi connectivity index (χ4v) is 2.37. The van der Waals surface area contributed by atoms with Gasteiger partial charge in [0.15, 0.2) is 0 Å². The summed E-state index contributed by atoms with van der Waals surface area (Å²) in [6, 6.07) is 4.14.